The zero-order valence-electron chi connectivity index (χ0n) is 10.3. The number of nitrogens with one attached hydrogen (secondary N) is 2. The van der Waals surface area contributed by atoms with Gasteiger partial charge in [0.05, 0.1) is 0 Å². The molecule has 3 nitrogen and oxygen atoms in total. The molecule has 1 atom stereocenters. The Labute approximate surface area is 122 Å². The lowest BCUT2D eigenvalue weighted by Crippen LogP contribution is -2.18. The molecule has 0 radical (unpaired) electrons. The Bertz CT molecular complexity index is 419. The predicted octanol–water partition coefficient (Wildman–Crippen LogP) is 3.12. The van der Waals surface area contributed by atoms with Crippen LogP contribution in [0.25, 0.3) is 0 Å². The van der Waals surface area contributed by atoms with E-state index in [9.17, 15) is 4.79 Å². The molecule has 5 heteroatoms. The summed E-state index contributed by atoms with van der Waals surface area (Å²) in [5.74, 6) is 0.606. The second-order valence-corrected chi connectivity index (χ2v) is 5.49. The molecule has 1 heterocycles. The topological polar surface area (TPSA) is 41.1 Å². The van der Waals surface area contributed by atoms with E-state index in [4.69, 9.17) is 0 Å². The number of halogens is 2. The summed E-state index contributed by atoms with van der Waals surface area (Å²) in [6.07, 6.45) is 1.72. The van der Waals surface area contributed by atoms with Gasteiger partial charge in [0.15, 0.2) is 0 Å². The number of hydrogen-bond donors (Lipinski definition) is 2. The van der Waals surface area contributed by atoms with Crippen LogP contribution < -0.4 is 10.6 Å². The molecule has 1 aliphatic heterocycles. The van der Waals surface area contributed by atoms with Crippen molar-refractivity contribution < 1.29 is 4.79 Å². The van der Waals surface area contributed by atoms with Crippen molar-refractivity contribution >= 4 is 39.9 Å². The number of benzene rings is 1. The van der Waals surface area contributed by atoms with Crippen LogP contribution in [-0.4, -0.2) is 19.0 Å². The van der Waals surface area contributed by atoms with Crippen LogP contribution in [0.15, 0.2) is 22.7 Å². The van der Waals surface area contributed by atoms with Gasteiger partial charge >= 0.3 is 0 Å². The SMILES string of the molecule is Cc1cc(Br)ccc1NC(=O)CC1CCNC1.Cl. The fourth-order valence-electron chi connectivity index (χ4n) is 2.12. The largest absolute Gasteiger partial charge is 0.326 e. The highest BCUT2D eigenvalue weighted by Gasteiger charge is 2.18. The zero-order valence-corrected chi connectivity index (χ0v) is 12.7. The molecule has 0 saturated carbocycles. The summed E-state index contributed by atoms with van der Waals surface area (Å²) >= 11 is 3.41. The average Bonchev–Trinajstić information content (AvgIpc) is 2.75. The van der Waals surface area contributed by atoms with Gasteiger partial charge in [0.1, 0.15) is 0 Å². The van der Waals surface area contributed by atoms with Crippen LogP contribution in [0.5, 0.6) is 0 Å². The van der Waals surface area contributed by atoms with Crippen molar-refractivity contribution in [3.8, 4) is 0 Å². The second kappa shape index (κ2) is 7.12. The van der Waals surface area contributed by atoms with E-state index in [1.54, 1.807) is 0 Å². The molecule has 2 N–H and O–H groups in total. The molecular weight excluding hydrogens is 316 g/mol. The molecule has 1 fully saturated rings. The molecule has 1 amide bonds. The lowest BCUT2D eigenvalue weighted by Gasteiger charge is -2.11. The lowest BCUT2D eigenvalue weighted by molar-refractivity contribution is -0.116. The summed E-state index contributed by atoms with van der Waals surface area (Å²) in [4.78, 5) is 11.9. The van der Waals surface area contributed by atoms with Gasteiger partial charge in [-0.2, -0.15) is 0 Å². The summed E-state index contributed by atoms with van der Waals surface area (Å²) in [7, 11) is 0. The van der Waals surface area contributed by atoms with Crippen molar-refractivity contribution in [3.63, 3.8) is 0 Å². The summed E-state index contributed by atoms with van der Waals surface area (Å²) in [5.41, 5.74) is 1.99. The molecule has 18 heavy (non-hydrogen) atoms. The van der Waals surface area contributed by atoms with E-state index in [1.807, 2.05) is 25.1 Å². The van der Waals surface area contributed by atoms with Gasteiger partial charge in [0.25, 0.3) is 0 Å². The Balaban J connectivity index is 0.00000162. The smallest absolute Gasteiger partial charge is 0.224 e. The monoisotopic (exact) mass is 332 g/mol. The molecule has 1 saturated heterocycles. The fourth-order valence-corrected chi connectivity index (χ4v) is 2.59. The first-order valence-electron chi connectivity index (χ1n) is 5.92. The lowest BCUT2D eigenvalue weighted by atomic mass is 10.0. The highest BCUT2D eigenvalue weighted by atomic mass is 79.9. The van der Waals surface area contributed by atoms with Gasteiger partial charge in [-0.3, -0.25) is 4.79 Å². The molecule has 100 valence electrons. The molecule has 0 spiro atoms. The van der Waals surface area contributed by atoms with Crippen LogP contribution in [0.2, 0.25) is 0 Å². The molecule has 1 aromatic carbocycles. The van der Waals surface area contributed by atoms with E-state index >= 15 is 0 Å². The third-order valence-corrected chi connectivity index (χ3v) is 3.59. The van der Waals surface area contributed by atoms with E-state index in [-0.39, 0.29) is 18.3 Å². The maximum Gasteiger partial charge on any atom is 0.224 e. The number of carbonyl (C=O) groups is 1. The molecule has 1 aromatic rings. The van der Waals surface area contributed by atoms with Gasteiger partial charge in [-0.25, -0.2) is 0 Å². The molecule has 0 aliphatic carbocycles. The summed E-state index contributed by atoms with van der Waals surface area (Å²) in [6.45, 7) is 4.00. The maximum absolute atomic E-state index is 11.9. The van der Waals surface area contributed by atoms with E-state index < -0.39 is 0 Å². The Morgan fingerprint density at radius 2 is 2.33 bits per heavy atom. The van der Waals surface area contributed by atoms with Gasteiger partial charge in [0.2, 0.25) is 5.91 Å². The van der Waals surface area contributed by atoms with E-state index in [0.717, 1.165) is 35.2 Å². The Morgan fingerprint density at radius 1 is 1.56 bits per heavy atom. The molecule has 0 aromatic heterocycles. The predicted molar refractivity (Wildman–Crippen MR) is 80.4 cm³/mol. The zero-order chi connectivity index (χ0) is 12.3. The standard InChI is InChI=1S/C13H17BrN2O.ClH/c1-9-6-11(14)2-3-12(9)16-13(17)7-10-4-5-15-8-10;/h2-3,6,10,15H,4-5,7-8H2,1H3,(H,16,17);1H. The van der Waals surface area contributed by atoms with Crippen molar-refractivity contribution in [2.45, 2.75) is 19.8 Å². The minimum Gasteiger partial charge on any atom is -0.326 e. The molecule has 0 bridgehead atoms. The minimum absolute atomic E-state index is 0. The first-order valence-corrected chi connectivity index (χ1v) is 6.71. The number of anilines is 1. The number of carbonyl (C=O) groups excluding carboxylic acids is 1. The molecule has 1 unspecified atom stereocenters. The van der Waals surface area contributed by atoms with Crippen LogP contribution >= 0.6 is 28.3 Å². The molecule has 1 aliphatic rings. The summed E-state index contributed by atoms with van der Waals surface area (Å²) in [5, 5.41) is 6.25. The molecular formula is C13H18BrClN2O. The van der Waals surface area contributed by atoms with Crippen LogP contribution in [0.3, 0.4) is 0 Å². The number of aryl methyl sites for hydroxylation is 1. The van der Waals surface area contributed by atoms with E-state index in [0.29, 0.717) is 12.3 Å². The minimum atomic E-state index is 0. The van der Waals surface area contributed by atoms with Gasteiger partial charge < -0.3 is 10.6 Å². The van der Waals surface area contributed by atoms with Gasteiger partial charge in [-0.1, -0.05) is 15.9 Å². The number of amides is 1. The van der Waals surface area contributed by atoms with E-state index in [1.165, 1.54) is 0 Å². The third-order valence-electron chi connectivity index (χ3n) is 3.10. The quantitative estimate of drug-likeness (QED) is 0.892. The van der Waals surface area contributed by atoms with Gasteiger partial charge in [-0.05, 0) is 56.1 Å². The number of hydrogen-bond acceptors (Lipinski definition) is 2. The first kappa shape index (κ1) is 15.5. The van der Waals surface area contributed by atoms with Crippen molar-refractivity contribution in [2.75, 3.05) is 18.4 Å². The normalized spacial score (nSPS) is 18.2. The highest BCUT2D eigenvalue weighted by Crippen LogP contribution is 2.21. The number of rotatable bonds is 3. The van der Waals surface area contributed by atoms with Crippen molar-refractivity contribution in [1.82, 2.24) is 5.32 Å². The van der Waals surface area contributed by atoms with Crippen LogP contribution in [-0.2, 0) is 4.79 Å². The van der Waals surface area contributed by atoms with Crippen molar-refractivity contribution in [2.24, 2.45) is 5.92 Å². The Morgan fingerprint density at radius 3 is 2.94 bits per heavy atom. The van der Waals surface area contributed by atoms with Crippen molar-refractivity contribution in [1.29, 1.82) is 0 Å². The Kier molecular flexibility index (Phi) is 6.12. The Hall–Kier alpha value is -0.580. The summed E-state index contributed by atoms with van der Waals surface area (Å²) in [6, 6.07) is 5.89. The fraction of sp³-hybridized carbons (Fsp3) is 0.462. The van der Waals surface area contributed by atoms with Gasteiger partial charge in [-0.15, -0.1) is 12.4 Å². The summed E-state index contributed by atoms with van der Waals surface area (Å²) < 4.78 is 1.04. The van der Waals surface area contributed by atoms with Crippen LogP contribution in [0, 0.1) is 12.8 Å². The van der Waals surface area contributed by atoms with Gasteiger partial charge in [0, 0.05) is 16.6 Å². The average molecular weight is 334 g/mol. The molecule has 2 rings (SSSR count). The van der Waals surface area contributed by atoms with Crippen molar-refractivity contribution in [3.05, 3.63) is 28.2 Å². The van der Waals surface area contributed by atoms with E-state index in [2.05, 4.69) is 26.6 Å². The van der Waals surface area contributed by atoms with Crippen LogP contribution in [0.4, 0.5) is 5.69 Å². The highest BCUT2D eigenvalue weighted by molar-refractivity contribution is 9.10. The second-order valence-electron chi connectivity index (χ2n) is 4.57. The maximum atomic E-state index is 11.9. The first-order chi connectivity index (χ1) is 8.15. The third kappa shape index (κ3) is 4.26. The van der Waals surface area contributed by atoms with Crippen LogP contribution in [0.1, 0.15) is 18.4 Å².